The van der Waals surface area contributed by atoms with E-state index >= 15 is 0 Å². The lowest BCUT2D eigenvalue weighted by Gasteiger charge is -2.13. The molecule has 0 bridgehead atoms. The van der Waals surface area contributed by atoms with Gasteiger partial charge in [0, 0.05) is 30.1 Å². The maximum absolute atomic E-state index is 12.8. The Kier molecular flexibility index (Phi) is 5.42. The number of H-pyrrole nitrogens is 1. The smallest absolute Gasteiger partial charge is 0.248 e. The predicted octanol–water partition coefficient (Wildman–Crippen LogP) is 2.20. The number of aromatic amines is 1. The summed E-state index contributed by atoms with van der Waals surface area (Å²) in [4.78, 5) is 14.0. The van der Waals surface area contributed by atoms with Crippen molar-refractivity contribution in [2.75, 3.05) is 13.2 Å². The van der Waals surface area contributed by atoms with Crippen molar-refractivity contribution in [3.8, 4) is 5.75 Å². The van der Waals surface area contributed by atoms with Crippen LogP contribution in [0.4, 0.5) is 4.39 Å². The lowest BCUT2D eigenvalue weighted by atomic mass is 10.2. The summed E-state index contributed by atoms with van der Waals surface area (Å²) in [7, 11) is 0. The predicted molar refractivity (Wildman–Crippen MR) is 94.2 cm³/mol. The van der Waals surface area contributed by atoms with E-state index in [1.165, 1.54) is 18.2 Å². The number of nitrogens with one attached hydrogen (secondary N) is 2. The van der Waals surface area contributed by atoms with Gasteiger partial charge in [-0.1, -0.05) is 12.1 Å². The van der Waals surface area contributed by atoms with Crippen LogP contribution in [0.1, 0.15) is 5.56 Å². The number of fused-ring (bicyclic) bond motifs is 1. The van der Waals surface area contributed by atoms with Crippen molar-refractivity contribution in [1.82, 2.24) is 10.3 Å². The molecular weight excluding hydrogens is 323 g/mol. The van der Waals surface area contributed by atoms with Crippen molar-refractivity contribution in [3.63, 3.8) is 0 Å². The largest absolute Gasteiger partial charge is 0.491 e. The number of aliphatic hydroxyl groups excluding tert-OH is 1. The molecule has 0 unspecified atom stereocenters. The van der Waals surface area contributed by atoms with Crippen molar-refractivity contribution in [2.24, 2.45) is 0 Å². The van der Waals surface area contributed by atoms with E-state index in [0.29, 0.717) is 18.8 Å². The maximum Gasteiger partial charge on any atom is 0.248 e. The number of hydrogen-bond acceptors (Lipinski definition) is 4. The highest BCUT2D eigenvalue weighted by Gasteiger charge is 2.06. The molecule has 0 aliphatic rings. The van der Waals surface area contributed by atoms with Gasteiger partial charge in [0.2, 0.25) is 5.56 Å². The van der Waals surface area contributed by atoms with E-state index in [9.17, 15) is 14.3 Å². The highest BCUT2D eigenvalue weighted by molar-refractivity contribution is 5.79. The van der Waals surface area contributed by atoms with E-state index in [2.05, 4.69) is 10.3 Å². The number of aliphatic hydroxyl groups is 1. The molecule has 5 nitrogen and oxygen atoms in total. The van der Waals surface area contributed by atoms with Crippen LogP contribution >= 0.6 is 0 Å². The van der Waals surface area contributed by atoms with E-state index < -0.39 is 6.10 Å². The molecule has 1 aromatic heterocycles. The Hall–Kier alpha value is -2.70. The monoisotopic (exact) mass is 342 g/mol. The van der Waals surface area contributed by atoms with Crippen LogP contribution in [0.5, 0.6) is 5.75 Å². The summed E-state index contributed by atoms with van der Waals surface area (Å²) in [5.41, 5.74) is 1.53. The van der Waals surface area contributed by atoms with Crippen molar-refractivity contribution in [1.29, 1.82) is 0 Å². The van der Waals surface area contributed by atoms with Crippen LogP contribution in [0.25, 0.3) is 10.9 Å². The lowest BCUT2D eigenvalue weighted by molar-refractivity contribution is 0.106. The second kappa shape index (κ2) is 7.92. The van der Waals surface area contributed by atoms with Crippen LogP contribution in [-0.2, 0) is 6.54 Å². The Morgan fingerprint density at radius 1 is 1.12 bits per heavy atom. The summed E-state index contributed by atoms with van der Waals surface area (Å²) in [6.07, 6.45) is -0.674. The third-order valence-corrected chi connectivity index (χ3v) is 3.76. The molecule has 25 heavy (non-hydrogen) atoms. The standard InChI is InChI=1S/C19H19FN2O3/c20-15-4-1-13(2-5-15)10-21-11-16(23)12-25-17-6-7-18-14(9-17)3-8-19(24)22-18/h1-9,16,21,23H,10-12H2,(H,22,24)/t16-/m1/s1. The van der Waals surface area contributed by atoms with Gasteiger partial charge in [-0.25, -0.2) is 4.39 Å². The third-order valence-electron chi connectivity index (χ3n) is 3.76. The quantitative estimate of drug-likeness (QED) is 0.615. The second-order valence-corrected chi connectivity index (χ2v) is 5.79. The first-order chi connectivity index (χ1) is 12.1. The van der Waals surface area contributed by atoms with Gasteiger partial charge in [0.05, 0.1) is 0 Å². The van der Waals surface area contributed by atoms with Crippen LogP contribution in [0.2, 0.25) is 0 Å². The van der Waals surface area contributed by atoms with Crippen LogP contribution in [-0.4, -0.2) is 29.3 Å². The summed E-state index contributed by atoms with van der Waals surface area (Å²) in [6.45, 7) is 1.05. The first-order valence-electron chi connectivity index (χ1n) is 7.99. The molecule has 130 valence electrons. The van der Waals surface area contributed by atoms with E-state index in [-0.39, 0.29) is 18.0 Å². The minimum Gasteiger partial charge on any atom is -0.491 e. The number of aromatic nitrogens is 1. The molecule has 1 heterocycles. The van der Waals surface area contributed by atoms with Crippen molar-refractivity contribution >= 4 is 10.9 Å². The molecule has 0 spiro atoms. The molecule has 0 saturated carbocycles. The van der Waals surface area contributed by atoms with E-state index in [1.807, 2.05) is 6.07 Å². The summed E-state index contributed by atoms with van der Waals surface area (Å²) in [5, 5.41) is 14.0. The molecule has 0 aliphatic carbocycles. The summed E-state index contributed by atoms with van der Waals surface area (Å²) in [5.74, 6) is 0.355. The van der Waals surface area contributed by atoms with Gasteiger partial charge in [0.15, 0.2) is 0 Å². The number of hydrogen-bond donors (Lipinski definition) is 3. The summed E-state index contributed by atoms with van der Waals surface area (Å²) < 4.78 is 18.4. The Morgan fingerprint density at radius 2 is 1.92 bits per heavy atom. The molecule has 0 saturated heterocycles. The first-order valence-corrected chi connectivity index (χ1v) is 7.99. The van der Waals surface area contributed by atoms with Gasteiger partial charge in [-0.2, -0.15) is 0 Å². The molecule has 0 fully saturated rings. The minimum atomic E-state index is -0.674. The summed E-state index contributed by atoms with van der Waals surface area (Å²) >= 11 is 0. The highest BCUT2D eigenvalue weighted by atomic mass is 19.1. The zero-order chi connectivity index (χ0) is 17.6. The Balaban J connectivity index is 1.47. The highest BCUT2D eigenvalue weighted by Crippen LogP contribution is 2.18. The fraction of sp³-hybridized carbons (Fsp3) is 0.211. The number of ether oxygens (including phenoxy) is 1. The fourth-order valence-electron chi connectivity index (χ4n) is 2.46. The molecular formula is C19H19FN2O3. The Morgan fingerprint density at radius 3 is 2.72 bits per heavy atom. The molecule has 0 amide bonds. The number of benzene rings is 2. The van der Waals surface area contributed by atoms with Gasteiger partial charge >= 0.3 is 0 Å². The molecule has 0 radical (unpaired) electrons. The molecule has 3 aromatic rings. The van der Waals surface area contributed by atoms with E-state index in [4.69, 9.17) is 4.74 Å². The van der Waals surface area contributed by atoms with Crippen LogP contribution in [0.15, 0.2) is 59.4 Å². The SMILES string of the molecule is O=c1ccc2cc(OC[C@H](O)CNCc3ccc(F)cc3)ccc2[nH]1. The van der Waals surface area contributed by atoms with Crippen molar-refractivity contribution in [3.05, 3.63) is 76.3 Å². The van der Waals surface area contributed by atoms with Gasteiger partial charge in [-0.3, -0.25) is 4.79 Å². The topological polar surface area (TPSA) is 74.3 Å². The summed E-state index contributed by atoms with van der Waals surface area (Å²) in [6, 6.07) is 14.7. The molecule has 6 heteroatoms. The van der Waals surface area contributed by atoms with Crippen molar-refractivity contribution < 1.29 is 14.2 Å². The van der Waals surface area contributed by atoms with Gasteiger partial charge in [0.25, 0.3) is 0 Å². The fourth-order valence-corrected chi connectivity index (χ4v) is 2.46. The molecule has 3 rings (SSSR count). The average molecular weight is 342 g/mol. The first kappa shape index (κ1) is 17.1. The van der Waals surface area contributed by atoms with Gasteiger partial charge in [-0.15, -0.1) is 0 Å². The maximum atomic E-state index is 12.8. The normalized spacial score (nSPS) is 12.2. The second-order valence-electron chi connectivity index (χ2n) is 5.79. The minimum absolute atomic E-state index is 0.144. The van der Waals surface area contributed by atoms with Gasteiger partial charge in [-0.05, 0) is 42.0 Å². The van der Waals surface area contributed by atoms with Crippen molar-refractivity contribution in [2.45, 2.75) is 12.6 Å². The lowest BCUT2D eigenvalue weighted by Crippen LogP contribution is -2.31. The molecule has 0 aliphatic heterocycles. The zero-order valence-corrected chi connectivity index (χ0v) is 13.5. The Labute approximate surface area is 144 Å². The van der Waals surface area contributed by atoms with Crippen LogP contribution < -0.4 is 15.6 Å². The Bertz CT molecular complexity index is 893. The van der Waals surface area contributed by atoms with E-state index in [1.54, 1.807) is 30.3 Å². The molecule has 1 atom stereocenters. The van der Waals surface area contributed by atoms with Gasteiger partial charge < -0.3 is 20.1 Å². The van der Waals surface area contributed by atoms with Crippen LogP contribution in [0, 0.1) is 5.82 Å². The number of halogens is 1. The third kappa shape index (κ3) is 4.89. The zero-order valence-electron chi connectivity index (χ0n) is 13.5. The molecule has 3 N–H and O–H groups in total. The average Bonchev–Trinajstić information content (AvgIpc) is 2.61. The number of rotatable bonds is 7. The molecule has 2 aromatic carbocycles. The van der Waals surface area contributed by atoms with Gasteiger partial charge in [0.1, 0.15) is 24.3 Å². The van der Waals surface area contributed by atoms with E-state index in [0.717, 1.165) is 16.5 Å². The number of pyridine rings is 1. The van der Waals surface area contributed by atoms with Crippen LogP contribution in [0.3, 0.4) is 0 Å².